The van der Waals surface area contributed by atoms with Crippen LogP contribution in [-0.2, 0) is 14.4 Å². The first-order valence-corrected chi connectivity index (χ1v) is 7.67. The van der Waals surface area contributed by atoms with E-state index in [0.29, 0.717) is 30.8 Å². The Bertz CT molecular complexity index is 682. The maximum atomic E-state index is 12.8. The van der Waals surface area contributed by atoms with Gasteiger partial charge in [-0.25, -0.2) is 0 Å². The van der Waals surface area contributed by atoms with E-state index < -0.39 is 16.2 Å². The minimum atomic E-state index is -0.831. The van der Waals surface area contributed by atoms with Crippen molar-refractivity contribution in [3.8, 4) is 0 Å². The van der Waals surface area contributed by atoms with Crippen LogP contribution in [0.15, 0.2) is 10.6 Å². The highest BCUT2D eigenvalue weighted by molar-refractivity contribution is 6.05. The molecule has 1 saturated carbocycles. The Balaban J connectivity index is 1.90. The smallest absolute Gasteiger partial charge is 0.232 e. The zero-order chi connectivity index (χ0) is 17.0. The minimum Gasteiger partial charge on any atom is -0.360 e. The van der Waals surface area contributed by atoms with Gasteiger partial charge in [-0.15, -0.1) is 0 Å². The summed E-state index contributed by atoms with van der Waals surface area (Å²) in [7, 11) is 0. The number of nitrogens with one attached hydrogen (secondary N) is 2. The summed E-state index contributed by atoms with van der Waals surface area (Å²) in [5.41, 5.74) is -2.29. The molecule has 1 aliphatic heterocycles. The summed E-state index contributed by atoms with van der Waals surface area (Å²) in [6.07, 6.45) is 1.24. The maximum Gasteiger partial charge on any atom is 0.232 e. The van der Waals surface area contributed by atoms with Gasteiger partial charge in [0.1, 0.15) is 5.76 Å². The molecular formula is C16H21N3O4. The predicted molar refractivity (Wildman–Crippen MR) is 81.2 cm³/mol. The lowest BCUT2D eigenvalue weighted by molar-refractivity contribution is -0.163. The first-order chi connectivity index (χ1) is 10.6. The number of carbonyl (C=O) groups is 3. The number of piperidine rings is 1. The van der Waals surface area contributed by atoms with E-state index in [1.807, 2.05) is 13.8 Å². The number of imide groups is 1. The summed E-state index contributed by atoms with van der Waals surface area (Å²) in [6, 6.07) is 1.63. The Hall–Kier alpha value is -2.18. The van der Waals surface area contributed by atoms with Crippen molar-refractivity contribution in [2.24, 2.45) is 16.2 Å². The number of anilines is 1. The molecule has 1 saturated heterocycles. The highest BCUT2D eigenvalue weighted by Gasteiger charge is 2.60. The topological polar surface area (TPSA) is 101 Å². The van der Waals surface area contributed by atoms with E-state index >= 15 is 0 Å². The van der Waals surface area contributed by atoms with Gasteiger partial charge in [-0.05, 0) is 26.2 Å². The Morgan fingerprint density at radius 1 is 1.17 bits per heavy atom. The van der Waals surface area contributed by atoms with Crippen molar-refractivity contribution in [2.75, 3.05) is 5.32 Å². The van der Waals surface area contributed by atoms with Crippen molar-refractivity contribution in [2.45, 2.75) is 47.0 Å². The van der Waals surface area contributed by atoms with E-state index in [-0.39, 0.29) is 17.7 Å². The van der Waals surface area contributed by atoms with E-state index in [9.17, 15) is 14.4 Å². The molecule has 1 aromatic rings. The van der Waals surface area contributed by atoms with Crippen molar-refractivity contribution < 1.29 is 18.9 Å². The summed E-state index contributed by atoms with van der Waals surface area (Å²) in [6.45, 7) is 7.17. The van der Waals surface area contributed by atoms with Crippen LogP contribution in [0.1, 0.15) is 45.8 Å². The molecule has 23 heavy (non-hydrogen) atoms. The quantitative estimate of drug-likeness (QED) is 0.809. The molecule has 2 bridgehead atoms. The van der Waals surface area contributed by atoms with Crippen molar-refractivity contribution >= 4 is 23.5 Å². The predicted octanol–water partition coefficient (Wildman–Crippen LogP) is 1.78. The largest absolute Gasteiger partial charge is 0.360 e. The molecular weight excluding hydrogens is 298 g/mol. The second kappa shape index (κ2) is 4.66. The van der Waals surface area contributed by atoms with Gasteiger partial charge >= 0.3 is 0 Å². The van der Waals surface area contributed by atoms with Crippen molar-refractivity contribution in [3.05, 3.63) is 11.8 Å². The zero-order valence-electron chi connectivity index (χ0n) is 13.8. The molecule has 3 amide bonds. The molecule has 7 heteroatoms. The SMILES string of the molecule is Cc1cc(NC(=O)C2(C)CC3(C)CC(C)(C2)C(=O)NC3=O)no1. The van der Waals surface area contributed by atoms with Crippen LogP contribution in [0, 0.1) is 23.2 Å². The summed E-state index contributed by atoms with van der Waals surface area (Å²) >= 11 is 0. The summed E-state index contributed by atoms with van der Waals surface area (Å²) in [4.78, 5) is 37.3. The summed E-state index contributed by atoms with van der Waals surface area (Å²) in [5.74, 6) is 0.104. The van der Waals surface area contributed by atoms with E-state index in [1.165, 1.54) is 0 Å². The number of aryl methyl sites for hydroxylation is 1. The molecule has 2 aliphatic rings. The molecule has 1 aromatic heterocycles. The first-order valence-electron chi connectivity index (χ1n) is 7.67. The van der Waals surface area contributed by atoms with E-state index in [4.69, 9.17) is 4.52 Å². The van der Waals surface area contributed by atoms with Gasteiger partial charge in [0.15, 0.2) is 5.82 Å². The van der Waals surface area contributed by atoms with Crippen molar-refractivity contribution in [1.29, 1.82) is 0 Å². The maximum absolute atomic E-state index is 12.8. The molecule has 1 aliphatic carbocycles. The monoisotopic (exact) mass is 319 g/mol. The highest BCUT2D eigenvalue weighted by atomic mass is 16.5. The fraction of sp³-hybridized carbons (Fsp3) is 0.625. The van der Waals surface area contributed by atoms with Crippen LogP contribution >= 0.6 is 0 Å². The molecule has 0 aromatic carbocycles. The minimum absolute atomic E-state index is 0.245. The molecule has 2 fully saturated rings. The van der Waals surface area contributed by atoms with E-state index in [2.05, 4.69) is 15.8 Å². The molecule has 3 rings (SSSR count). The molecule has 2 unspecified atom stereocenters. The molecule has 0 radical (unpaired) electrons. The molecule has 0 spiro atoms. The number of amides is 3. The van der Waals surface area contributed by atoms with Crippen LogP contribution in [0.5, 0.6) is 0 Å². The Morgan fingerprint density at radius 2 is 1.74 bits per heavy atom. The molecule has 124 valence electrons. The van der Waals surface area contributed by atoms with Gasteiger partial charge in [0.05, 0.1) is 0 Å². The third kappa shape index (κ3) is 2.44. The molecule has 2 atom stereocenters. The van der Waals surface area contributed by atoms with Gasteiger partial charge in [0, 0.05) is 22.3 Å². The normalized spacial score (nSPS) is 36.5. The third-order valence-electron chi connectivity index (χ3n) is 5.08. The fourth-order valence-electron chi connectivity index (χ4n) is 4.35. The standard InChI is InChI=1S/C16H21N3O4/c1-9-5-10(19-23-9)17-11(20)14(2)6-15(3)8-16(4,7-14)13(22)18-12(15)21/h5H,6-8H2,1-4H3,(H,17,19,20)(H,18,21,22). The van der Waals surface area contributed by atoms with Crippen LogP contribution in [0.25, 0.3) is 0 Å². The second-order valence-corrected chi connectivity index (χ2v) is 7.77. The number of fused-ring (bicyclic) bond motifs is 2. The van der Waals surface area contributed by atoms with Crippen molar-refractivity contribution in [3.63, 3.8) is 0 Å². The number of rotatable bonds is 2. The average Bonchev–Trinajstić information content (AvgIpc) is 2.81. The fourth-order valence-corrected chi connectivity index (χ4v) is 4.35. The Morgan fingerprint density at radius 3 is 2.22 bits per heavy atom. The van der Waals surface area contributed by atoms with E-state index in [0.717, 1.165) is 0 Å². The van der Waals surface area contributed by atoms with Gasteiger partial charge < -0.3 is 9.84 Å². The van der Waals surface area contributed by atoms with Crippen LogP contribution in [-0.4, -0.2) is 22.9 Å². The lowest BCUT2D eigenvalue weighted by atomic mass is 9.52. The summed E-state index contributed by atoms with van der Waals surface area (Å²) < 4.78 is 4.95. The number of carbonyl (C=O) groups excluding carboxylic acids is 3. The lowest BCUT2D eigenvalue weighted by Gasteiger charge is -2.53. The lowest BCUT2D eigenvalue weighted by Crippen LogP contribution is -2.63. The van der Waals surface area contributed by atoms with Gasteiger partial charge in [0.25, 0.3) is 0 Å². The number of aromatic nitrogens is 1. The van der Waals surface area contributed by atoms with Gasteiger partial charge in [-0.3, -0.25) is 19.7 Å². The van der Waals surface area contributed by atoms with Gasteiger partial charge in [-0.1, -0.05) is 25.9 Å². The van der Waals surface area contributed by atoms with Crippen LogP contribution < -0.4 is 10.6 Å². The Labute approximate surface area is 134 Å². The Kier molecular flexibility index (Phi) is 3.18. The second-order valence-electron chi connectivity index (χ2n) is 7.77. The van der Waals surface area contributed by atoms with Gasteiger partial charge in [-0.2, -0.15) is 0 Å². The van der Waals surface area contributed by atoms with Crippen molar-refractivity contribution in [1.82, 2.24) is 10.5 Å². The summed E-state index contributed by atoms with van der Waals surface area (Å²) in [5, 5.41) is 8.96. The number of hydrogen-bond acceptors (Lipinski definition) is 5. The van der Waals surface area contributed by atoms with Gasteiger partial charge in [0.2, 0.25) is 17.7 Å². The molecule has 7 nitrogen and oxygen atoms in total. The molecule has 2 N–H and O–H groups in total. The highest BCUT2D eigenvalue weighted by Crippen LogP contribution is 2.56. The van der Waals surface area contributed by atoms with Crippen LogP contribution in [0.3, 0.4) is 0 Å². The third-order valence-corrected chi connectivity index (χ3v) is 5.08. The zero-order valence-corrected chi connectivity index (χ0v) is 13.8. The number of nitrogens with zero attached hydrogens (tertiary/aromatic N) is 1. The number of hydrogen-bond donors (Lipinski definition) is 2. The van der Waals surface area contributed by atoms with Crippen LogP contribution in [0.4, 0.5) is 5.82 Å². The van der Waals surface area contributed by atoms with Crippen LogP contribution in [0.2, 0.25) is 0 Å². The molecule has 2 heterocycles. The van der Waals surface area contributed by atoms with E-state index in [1.54, 1.807) is 19.9 Å². The first kappa shape index (κ1) is 15.7. The average molecular weight is 319 g/mol.